The van der Waals surface area contributed by atoms with Crippen LogP contribution >= 0.6 is 0 Å². The van der Waals surface area contributed by atoms with Crippen molar-refractivity contribution in [2.45, 2.75) is 38.5 Å². The third-order valence-electron chi connectivity index (χ3n) is 4.58. The molecule has 5 heteroatoms. The van der Waals surface area contributed by atoms with Gasteiger partial charge >= 0.3 is 0 Å². The molecule has 1 fully saturated rings. The van der Waals surface area contributed by atoms with Crippen LogP contribution in [0.3, 0.4) is 0 Å². The molecular formula is C23H26N2O3. The minimum absolute atomic E-state index is 0.0482. The fourth-order valence-electron chi connectivity index (χ4n) is 2.82. The zero-order chi connectivity index (χ0) is 19.8. The summed E-state index contributed by atoms with van der Waals surface area (Å²) in [7, 11) is 0. The lowest BCUT2D eigenvalue weighted by Crippen LogP contribution is -2.29. The van der Waals surface area contributed by atoms with Crippen LogP contribution in [0.1, 0.15) is 42.5 Å². The maximum Gasteiger partial charge on any atom is 0.258 e. The Balaban J connectivity index is 1.52. The zero-order valence-electron chi connectivity index (χ0n) is 16.1. The SMILES string of the molecule is CC(NC1CC1)c1ccc(CO)c(C#CCNC(=O)COc2ccccc2)c1. The average molecular weight is 378 g/mol. The van der Waals surface area contributed by atoms with Crippen molar-refractivity contribution in [2.24, 2.45) is 0 Å². The molecule has 0 heterocycles. The average Bonchev–Trinajstić information content (AvgIpc) is 3.54. The summed E-state index contributed by atoms with van der Waals surface area (Å²) in [6.45, 7) is 2.25. The minimum atomic E-state index is -0.225. The van der Waals surface area contributed by atoms with E-state index in [-0.39, 0.29) is 31.7 Å². The highest BCUT2D eigenvalue weighted by Gasteiger charge is 2.23. The lowest BCUT2D eigenvalue weighted by Gasteiger charge is -2.15. The fraction of sp³-hybridized carbons (Fsp3) is 0.348. The van der Waals surface area contributed by atoms with Gasteiger partial charge in [-0.15, -0.1) is 0 Å². The third kappa shape index (κ3) is 6.12. The standard InChI is InChI=1S/C23H26N2O3/c1-17(25-21-11-12-21)18-9-10-20(15-26)19(14-18)6-5-13-24-23(27)16-28-22-7-3-2-4-8-22/h2-4,7-10,14,17,21,25-26H,11-13,15-16H2,1H3,(H,24,27). The number of amides is 1. The first kappa shape index (κ1) is 19.9. The molecule has 0 bridgehead atoms. The number of ether oxygens (including phenoxy) is 1. The second-order valence-corrected chi connectivity index (χ2v) is 6.92. The van der Waals surface area contributed by atoms with Crippen LogP contribution in [0.15, 0.2) is 48.5 Å². The van der Waals surface area contributed by atoms with E-state index < -0.39 is 0 Å². The van der Waals surface area contributed by atoms with Gasteiger partial charge in [0.15, 0.2) is 6.61 Å². The van der Waals surface area contributed by atoms with Gasteiger partial charge in [0.05, 0.1) is 13.2 Å². The smallest absolute Gasteiger partial charge is 0.258 e. The highest BCUT2D eigenvalue weighted by molar-refractivity contribution is 5.77. The Hall–Kier alpha value is -2.81. The van der Waals surface area contributed by atoms with Gasteiger partial charge in [-0.05, 0) is 49.1 Å². The number of aliphatic hydroxyl groups excluding tert-OH is 1. The van der Waals surface area contributed by atoms with Crippen LogP contribution in [0.2, 0.25) is 0 Å². The minimum Gasteiger partial charge on any atom is -0.484 e. The maximum atomic E-state index is 11.9. The normalized spacial score (nSPS) is 13.9. The Morgan fingerprint density at radius 3 is 2.75 bits per heavy atom. The van der Waals surface area contributed by atoms with Crippen LogP contribution in [0, 0.1) is 11.8 Å². The molecule has 1 saturated carbocycles. The van der Waals surface area contributed by atoms with Crippen molar-refractivity contribution in [3.05, 3.63) is 65.2 Å². The van der Waals surface area contributed by atoms with Crippen molar-refractivity contribution < 1.29 is 14.6 Å². The van der Waals surface area contributed by atoms with Gasteiger partial charge in [0, 0.05) is 17.6 Å². The van der Waals surface area contributed by atoms with Crippen molar-refractivity contribution in [3.63, 3.8) is 0 Å². The van der Waals surface area contributed by atoms with Crippen LogP contribution in [0.4, 0.5) is 0 Å². The zero-order valence-corrected chi connectivity index (χ0v) is 16.1. The maximum absolute atomic E-state index is 11.9. The molecule has 0 radical (unpaired) electrons. The molecule has 2 aromatic rings. The lowest BCUT2D eigenvalue weighted by atomic mass is 10.0. The van der Waals surface area contributed by atoms with E-state index in [4.69, 9.17) is 4.74 Å². The highest BCUT2D eigenvalue weighted by Crippen LogP contribution is 2.25. The van der Waals surface area contributed by atoms with Crippen LogP contribution in [0.25, 0.3) is 0 Å². The molecule has 1 aliphatic rings. The van der Waals surface area contributed by atoms with E-state index in [1.807, 2.05) is 36.4 Å². The van der Waals surface area contributed by atoms with Gasteiger partial charge in [-0.25, -0.2) is 0 Å². The number of hydrogen-bond acceptors (Lipinski definition) is 4. The molecule has 0 saturated heterocycles. The monoisotopic (exact) mass is 378 g/mol. The van der Waals surface area contributed by atoms with Gasteiger partial charge in [-0.2, -0.15) is 0 Å². The first-order chi connectivity index (χ1) is 13.7. The number of carbonyl (C=O) groups is 1. The number of carbonyl (C=O) groups excluding carboxylic acids is 1. The molecule has 1 aliphatic carbocycles. The first-order valence-corrected chi connectivity index (χ1v) is 9.59. The summed E-state index contributed by atoms with van der Waals surface area (Å²) in [6.07, 6.45) is 2.47. The molecule has 0 aliphatic heterocycles. The molecular weight excluding hydrogens is 352 g/mol. The number of aliphatic hydroxyl groups is 1. The van der Waals surface area contributed by atoms with Crippen molar-refractivity contribution in [2.75, 3.05) is 13.2 Å². The number of para-hydroxylation sites is 1. The summed E-state index contributed by atoms with van der Waals surface area (Å²) in [4.78, 5) is 11.9. The van der Waals surface area contributed by atoms with Crippen LogP contribution < -0.4 is 15.4 Å². The summed E-state index contributed by atoms with van der Waals surface area (Å²) in [5.41, 5.74) is 2.72. The van der Waals surface area contributed by atoms with Gasteiger partial charge < -0.3 is 20.5 Å². The van der Waals surface area contributed by atoms with Gasteiger partial charge in [-0.3, -0.25) is 4.79 Å². The van der Waals surface area contributed by atoms with E-state index in [9.17, 15) is 9.90 Å². The largest absolute Gasteiger partial charge is 0.484 e. The van der Waals surface area contributed by atoms with Gasteiger partial charge in [0.2, 0.25) is 0 Å². The second-order valence-electron chi connectivity index (χ2n) is 6.92. The molecule has 146 valence electrons. The molecule has 28 heavy (non-hydrogen) atoms. The van der Waals surface area contributed by atoms with Gasteiger partial charge in [0.1, 0.15) is 5.75 Å². The van der Waals surface area contributed by atoms with Crippen molar-refractivity contribution in [1.29, 1.82) is 0 Å². The summed E-state index contributed by atoms with van der Waals surface area (Å²) >= 11 is 0. The Kier molecular flexibility index (Phi) is 7.07. The predicted octanol–water partition coefficient (Wildman–Crippen LogP) is 2.54. The van der Waals surface area contributed by atoms with Gasteiger partial charge in [0.25, 0.3) is 5.91 Å². The van der Waals surface area contributed by atoms with Crippen LogP contribution in [0.5, 0.6) is 5.75 Å². The van der Waals surface area contributed by atoms with Crippen LogP contribution in [-0.2, 0) is 11.4 Å². The van der Waals surface area contributed by atoms with Crippen molar-refractivity contribution in [3.8, 4) is 17.6 Å². The van der Waals surface area contributed by atoms with Crippen LogP contribution in [-0.4, -0.2) is 30.2 Å². The van der Waals surface area contributed by atoms with Crippen molar-refractivity contribution >= 4 is 5.91 Å². The molecule has 1 amide bonds. The highest BCUT2D eigenvalue weighted by atomic mass is 16.5. The number of nitrogens with one attached hydrogen (secondary N) is 2. The topological polar surface area (TPSA) is 70.6 Å². The summed E-state index contributed by atoms with van der Waals surface area (Å²) in [5.74, 6) is 6.45. The molecule has 0 spiro atoms. The first-order valence-electron chi connectivity index (χ1n) is 9.59. The van der Waals surface area contributed by atoms with E-state index >= 15 is 0 Å². The van der Waals surface area contributed by atoms with Crippen molar-refractivity contribution in [1.82, 2.24) is 10.6 Å². The summed E-state index contributed by atoms with van der Waals surface area (Å²) in [5, 5.41) is 15.8. The van der Waals surface area contributed by atoms with E-state index in [0.717, 1.165) is 16.7 Å². The molecule has 3 N–H and O–H groups in total. The molecule has 5 nitrogen and oxygen atoms in total. The molecule has 3 rings (SSSR count). The predicted molar refractivity (Wildman–Crippen MR) is 109 cm³/mol. The van der Waals surface area contributed by atoms with E-state index in [0.29, 0.717) is 11.8 Å². The van der Waals surface area contributed by atoms with Gasteiger partial charge in [-0.1, -0.05) is 42.2 Å². The van der Waals surface area contributed by atoms with E-state index in [1.54, 1.807) is 12.1 Å². The Morgan fingerprint density at radius 2 is 2.04 bits per heavy atom. The number of hydrogen-bond donors (Lipinski definition) is 3. The Labute approximate surface area is 166 Å². The Bertz CT molecular complexity index is 851. The quantitative estimate of drug-likeness (QED) is 0.618. The summed E-state index contributed by atoms with van der Waals surface area (Å²) < 4.78 is 5.40. The molecule has 1 atom stereocenters. The number of benzene rings is 2. The van der Waals surface area contributed by atoms with E-state index in [1.165, 1.54) is 12.8 Å². The second kappa shape index (κ2) is 9.93. The Morgan fingerprint density at radius 1 is 1.25 bits per heavy atom. The molecule has 2 aromatic carbocycles. The third-order valence-corrected chi connectivity index (χ3v) is 4.58. The number of rotatable bonds is 8. The molecule has 0 aromatic heterocycles. The van der Waals surface area contributed by atoms with E-state index in [2.05, 4.69) is 29.4 Å². The lowest BCUT2D eigenvalue weighted by molar-refractivity contribution is -0.122. The molecule has 1 unspecified atom stereocenters. The fourth-order valence-corrected chi connectivity index (χ4v) is 2.82. The summed E-state index contributed by atoms with van der Waals surface area (Å²) in [6, 6.07) is 16.0.